The second-order valence-electron chi connectivity index (χ2n) is 5.79. The number of nitrogens with one attached hydrogen (secondary N) is 1. The van der Waals surface area contributed by atoms with Crippen LogP contribution in [-0.2, 0) is 0 Å². The third-order valence-corrected chi connectivity index (χ3v) is 4.48. The number of aromatic nitrogens is 1. The first-order valence-corrected chi connectivity index (χ1v) is 8.71. The Balaban J connectivity index is 1.98. The summed E-state index contributed by atoms with van der Waals surface area (Å²) in [5.41, 5.74) is 0.616. The van der Waals surface area contributed by atoms with Crippen LogP contribution in [0.4, 0.5) is 8.78 Å². The Kier molecular flexibility index (Phi) is 5.88. The van der Waals surface area contributed by atoms with Crippen LogP contribution in [0.25, 0.3) is 0 Å². The Hall–Kier alpha value is -3.01. The van der Waals surface area contributed by atoms with Crippen LogP contribution in [0.15, 0.2) is 54.7 Å². The van der Waals surface area contributed by atoms with Crippen LogP contribution >= 0.6 is 23.2 Å². The summed E-state index contributed by atoms with van der Waals surface area (Å²) in [5.74, 6) is -2.09. The molecule has 0 aliphatic carbocycles. The first-order chi connectivity index (χ1) is 13.4. The van der Waals surface area contributed by atoms with Crippen molar-refractivity contribution in [2.75, 3.05) is 0 Å². The van der Waals surface area contributed by atoms with E-state index in [1.165, 1.54) is 30.5 Å². The van der Waals surface area contributed by atoms with Crippen molar-refractivity contribution in [2.45, 2.75) is 6.04 Å². The second-order valence-corrected chi connectivity index (χ2v) is 6.63. The molecule has 1 amide bonds. The lowest BCUT2D eigenvalue weighted by Crippen LogP contribution is -2.30. The number of nitrogens with zero attached hydrogens (tertiary/aromatic N) is 2. The summed E-state index contributed by atoms with van der Waals surface area (Å²) in [5, 5.41) is 11.8. The molecule has 0 spiro atoms. The molecule has 4 nitrogen and oxygen atoms in total. The third-order valence-electron chi connectivity index (χ3n) is 3.95. The van der Waals surface area contributed by atoms with E-state index in [9.17, 15) is 13.6 Å². The van der Waals surface area contributed by atoms with E-state index < -0.39 is 23.6 Å². The van der Waals surface area contributed by atoms with Gasteiger partial charge in [-0.1, -0.05) is 29.3 Å². The highest BCUT2D eigenvalue weighted by atomic mass is 35.5. The Morgan fingerprint density at radius 1 is 1.07 bits per heavy atom. The molecular weight excluding hydrogens is 407 g/mol. The number of nitriles is 1. The number of rotatable bonds is 4. The molecule has 3 rings (SSSR count). The Labute approximate surface area is 169 Å². The highest BCUT2D eigenvalue weighted by molar-refractivity contribution is 6.30. The van der Waals surface area contributed by atoms with E-state index in [1.54, 1.807) is 24.3 Å². The summed E-state index contributed by atoms with van der Waals surface area (Å²) in [6, 6.07) is 11.6. The maximum Gasteiger partial charge on any atom is 0.252 e. The highest BCUT2D eigenvalue weighted by Crippen LogP contribution is 2.26. The Morgan fingerprint density at radius 3 is 2.46 bits per heavy atom. The second kappa shape index (κ2) is 8.34. The fourth-order valence-electron chi connectivity index (χ4n) is 2.54. The average Bonchev–Trinajstić information content (AvgIpc) is 2.69. The molecule has 1 aromatic heterocycles. The smallest absolute Gasteiger partial charge is 0.252 e. The lowest BCUT2D eigenvalue weighted by molar-refractivity contribution is 0.0941. The molecule has 0 aliphatic rings. The van der Waals surface area contributed by atoms with Crippen LogP contribution in [0.1, 0.15) is 33.2 Å². The van der Waals surface area contributed by atoms with E-state index in [0.717, 1.165) is 6.07 Å². The highest BCUT2D eigenvalue weighted by Gasteiger charge is 2.21. The zero-order chi connectivity index (χ0) is 20.3. The largest absolute Gasteiger partial charge is 0.340 e. The lowest BCUT2D eigenvalue weighted by atomic mass is 10.0. The maximum atomic E-state index is 13.9. The number of halogens is 4. The van der Waals surface area contributed by atoms with Crippen LogP contribution in [-0.4, -0.2) is 10.9 Å². The van der Waals surface area contributed by atoms with Crippen molar-refractivity contribution in [1.82, 2.24) is 10.3 Å². The number of carbonyl (C=O) groups is 1. The molecule has 0 radical (unpaired) electrons. The van der Waals surface area contributed by atoms with Crippen molar-refractivity contribution in [3.05, 3.63) is 98.8 Å². The first-order valence-electron chi connectivity index (χ1n) is 7.96. The maximum absolute atomic E-state index is 13.9. The molecule has 0 bridgehead atoms. The van der Waals surface area contributed by atoms with Crippen LogP contribution < -0.4 is 5.32 Å². The van der Waals surface area contributed by atoms with Gasteiger partial charge in [-0.05, 0) is 48.0 Å². The van der Waals surface area contributed by atoms with Crippen LogP contribution in [0.5, 0.6) is 0 Å². The average molecular weight is 418 g/mol. The summed E-state index contributed by atoms with van der Waals surface area (Å²) in [6.07, 6.45) is 1.39. The number of amides is 1. The number of pyridine rings is 1. The zero-order valence-corrected chi connectivity index (χ0v) is 15.6. The fraction of sp³-hybridized carbons (Fsp3) is 0.0500. The molecule has 0 fully saturated rings. The fourth-order valence-corrected chi connectivity index (χ4v) is 2.77. The van der Waals surface area contributed by atoms with E-state index in [0.29, 0.717) is 16.3 Å². The minimum atomic E-state index is -0.838. The van der Waals surface area contributed by atoms with Gasteiger partial charge in [0, 0.05) is 11.8 Å². The molecule has 2 aromatic carbocycles. The van der Waals surface area contributed by atoms with Crippen LogP contribution in [0, 0.1) is 23.0 Å². The number of hydrogen-bond donors (Lipinski definition) is 1. The van der Waals surface area contributed by atoms with E-state index >= 15 is 0 Å². The lowest BCUT2D eigenvalue weighted by Gasteiger charge is -2.19. The van der Waals surface area contributed by atoms with Gasteiger partial charge in [-0.3, -0.25) is 9.78 Å². The Bertz CT molecular complexity index is 1080. The number of carbonyl (C=O) groups excluding carboxylic acids is 1. The van der Waals surface area contributed by atoms with Gasteiger partial charge >= 0.3 is 0 Å². The summed E-state index contributed by atoms with van der Waals surface area (Å²) in [6.45, 7) is 0. The van der Waals surface area contributed by atoms with Crippen molar-refractivity contribution in [3.8, 4) is 6.07 Å². The van der Waals surface area contributed by atoms with Crippen LogP contribution in [0.2, 0.25) is 10.0 Å². The van der Waals surface area contributed by atoms with Gasteiger partial charge in [-0.2, -0.15) is 5.26 Å². The van der Waals surface area contributed by atoms with E-state index in [2.05, 4.69) is 10.3 Å². The first kappa shape index (κ1) is 19.7. The molecule has 140 valence electrons. The standard InChI is InChI=1S/C20H11Cl2F2N3O/c21-14-4-6-18(26-10-14)19(11-3-5-15(22)17(24)7-11)27-20(28)12-1-2-13(9-25)16(23)8-12/h1-8,10,19H,(H,27,28). The van der Waals surface area contributed by atoms with Crippen molar-refractivity contribution in [3.63, 3.8) is 0 Å². The summed E-state index contributed by atoms with van der Waals surface area (Å²) in [4.78, 5) is 16.8. The van der Waals surface area contributed by atoms with Gasteiger partial charge in [-0.15, -0.1) is 0 Å². The van der Waals surface area contributed by atoms with Crippen molar-refractivity contribution < 1.29 is 13.6 Å². The zero-order valence-electron chi connectivity index (χ0n) is 14.1. The minimum Gasteiger partial charge on any atom is -0.340 e. The van der Waals surface area contributed by atoms with Crippen molar-refractivity contribution >= 4 is 29.1 Å². The molecule has 0 aliphatic heterocycles. The van der Waals surface area contributed by atoms with E-state index in [-0.39, 0.29) is 16.1 Å². The van der Waals surface area contributed by atoms with Gasteiger partial charge in [0.25, 0.3) is 5.91 Å². The minimum absolute atomic E-state index is 0.00454. The van der Waals surface area contributed by atoms with E-state index in [1.807, 2.05) is 0 Å². The van der Waals surface area contributed by atoms with Gasteiger partial charge < -0.3 is 5.32 Å². The topological polar surface area (TPSA) is 65.8 Å². The summed E-state index contributed by atoms with van der Waals surface area (Å²) >= 11 is 11.6. The molecule has 1 N–H and O–H groups in total. The molecule has 8 heteroatoms. The molecule has 28 heavy (non-hydrogen) atoms. The van der Waals surface area contributed by atoms with Crippen molar-refractivity contribution in [2.24, 2.45) is 0 Å². The van der Waals surface area contributed by atoms with E-state index in [4.69, 9.17) is 28.5 Å². The molecule has 1 atom stereocenters. The predicted molar refractivity (Wildman–Crippen MR) is 101 cm³/mol. The van der Waals surface area contributed by atoms with Gasteiger partial charge in [0.05, 0.1) is 27.3 Å². The molecule has 1 unspecified atom stereocenters. The van der Waals surface area contributed by atoms with Gasteiger partial charge in [0.15, 0.2) is 0 Å². The molecule has 3 aromatic rings. The normalized spacial score (nSPS) is 11.5. The monoisotopic (exact) mass is 417 g/mol. The predicted octanol–water partition coefficient (Wildman–Crippen LogP) is 5.06. The number of benzene rings is 2. The molecule has 1 heterocycles. The summed E-state index contributed by atoms with van der Waals surface area (Å²) in [7, 11) is 0. The van der Waals surface area contributed by atoms with Gasteiger partial charge in [-0.25, -0.2) is 8.78 Å². The quantitative estimate of drug-likeness (QED) is 0.645. The van der Waals surface area contributed by atoms with Gasteiger partial charge in [0.2, 0.25) is 0 Å². The number of hydrogen-bond acceptors (Lipinski definition) is 3. The van der Waals surface area contributed by atoms with Crippen LogP contribution in [0.3, 0.4) is 0 Å². The molecule has 0 saturated carbocycles. The third kappa shape index (κ3) is 4.28. The van der Waals surface area contributed by atoms with Crippen molar-refractivity contribution in [1.29, 1.82) is 5.26 Å². The Morgan fingerprint density at radius 2 is 1.86 bits per heavy atom. The molecular formula is C20H11Cl2F2N3O. The molecule has 0 saturated heterocycles. The SMILES string of the molecule is N#Cc1ccc(C(=O)NC(c2ccc(Cl)c(F)c2)c2ccc(Cl)cn2)cc1F. The summed E-state index contributed by atoms with van der Waals surface area (Å²) < 4.78 is 27.8. The van der Waals surface area contributed by atoms with Gasteiger partial charge in [0.1, 0.15) is 17.7 Å².